The predicted molar refractivity (Wildman–Crippen MR) is 94.3 cm³/mol. The normalized spacial score (nSPS) is 18.9. The van der Waals surface area contributed by atoms with Crippen LogP contribution in [0.4, 0.5) is 0 Å². The van der Waals surface area contributed by atoms with E-state index in [9.17, 15) is 13.2 Å². The number of sulfonamides is 1. The topological polar surface area (TPSA) is 82.3 Å². The quantitative estimate of drug-likeness (QED) is 0.879. The number of carbonyl (C=O) groups is 1. The summed E-state index contributed by atoms with van der Waals surface area (Å²) in [6.07, 6.45) is 3.47. The molecule has 0 aliphatic carbocycles. The number of piperidine rings is 1. The second-order valence-electron chi connectivity index (χ2n) is 6.34. The zero-order chi connectivity index (χ0) is 17.3. The Morgan fingerprint density at radius 2 is 2.21 bits per heavy atom. The number of fused-ring (bicyclic) bond motifs is 1. The van der Waals surface area contributed by atoms with E-state index in [1.165, 1.54) is 7.05 Å². The van der Waals surface area contributed by atoms with Gasteiger partial charge in [-0.1, -0.05) is 18.2 Å². The molecule has 0 spiro atoms. The van der Waals surface area contributed by atoms with Crippen molar-refractivity contribution in [1.82, 2.24) is 14.6 Å². The number of likely N-dealkylation sites (tertiary alicyclic amines) is 1. The fourth-order valence-corrected chi connectivity index (χ4v) is 4.56. The van der Waals surface area contributed by atoms with Gasteiger partial charge in [0.2, 0.25) is 15.9 Å². The molecule has 1 aromatic carbocycles. The number of rotatable bonds is 4. The summed E-state index contributed by atoms with van der Waals surface area (Å²) in [5, 5.41) is 0.533. The highest BCUT2D eigenvalue weighted by atomic mass is 32.2. The fraction of sp³-hybridized carbons (Fsp3) is 0.471. The van der Waals surface area contributed by atoms with Gasteiger partial charge in [-0.05, 0) is 37.9 Å². The first-order valence-corrected chi connectivity index (χ1v) is 9.72. The molecule has 1 saturated heterocycles. The van der Waals surface area contributed by atoms with Crippen molar-refractivity contribution in [1.29, 1.82) is 0 Å². The smallest absolute Gasteiger partial charge is 0.227 e. The Morgan fingerprint density at radius 3 is 2.96 bits per heavy atom. The van der Waals surface area contributed by atoms with Crippen LogP contribution in [0.3, 0.4) is 0 Å². The van der Waals surface area contributed by atoms with E-state index >= 15 is 0 Å². The summed E-state index contributed by atoms with van der Waals surface area (Å²) < 4.78 is 26.4. The number of hydrogen-bond donors (Lipinski definition) is 2. The molecule has 3 rings (SSSR count). The first kappa shape index (κ1) is 17.0. The fourth-order valence-electron chi connectivity index (χ4n) is 3.37. The van der Waals surface area contributed by atoms with Gasteiger partial charge in [-0.25, -0.2) is 13.1 Å². The molecule has 0 saturated carbocycles. The van der Waals surface area contributed by atoms with Crippen LogP contribution in [0.1, 0.15) is 24.0 Å². The second kappa shape index (κ2) is 6.57. The summed E-state index contributed by atoms with van der Waals surface area (Å²) in [6, 6.07) is 6.02. The molecule has 7 heteroatoms. The van der Waals surface area contributed by atoms with Crippen molar-refractivity contribution < 1.29 is 13.2 Å². The number of carbonyl (C=O) groups excluding carboxylic acids is 1. The van der Waals surface area contributed by atoms with E-state index in [2.05, 4.69) is 9.71 Å². The number of amides is 1. The number of nitrogens with one attached hydrogen (secondary N) is 2. The van der Waals surface area contributed by atoms with Crippen LogP contribution in [0.25, 0.3) is 10.9 Å². The second-order valence-corrected chi connectivity index (χ2v) is 8.51. The summed E-state index contributed by atoms with van der Waals surface area (Å²) >= 11 is 0. The van der Waals surface area contributed by atoms with Gasteiger partial charge in [0.15, 0.2) is 0 Å². The van der Waals surface area contributed by atoms with Crippen LogP contribution in [0.2, 0.25) is 0 Å². The van der Waals surface area contributed by atoms with Crippen molar-refractivity contribution in [2.45, 2.75) is 31.4 Å². The minimum atomic E-state index is -3.34. The molecular formula is C17H23N3O3S. The van der Waals surface area contributed by atoms with Crippen LogP contribution in [-0.2, 0) is 21.2 Å². The van der Waals surface area contributed by atoms with Crippen LogP contribution in [0.15, 0.2) is 24.4 Å². The van der Waals surface area contributed by atoms with E-state index in [0.717, 1.165) is 22.0 Å². The van der Waals surface area contributed by atoms with Crippen molar-refractivity contribution in [2.75, 3.05) is 20.1 Å². The maximum Gasteiger partial charge on any atom is 0.227 e. The van der Waals surface area contributed by atoms with Crippen molar-refractivity contribution in [3.8, 4) is 0 Å². The Hall–Kier alpha value is -1.86. The predicted octanol–water partition coefficient (Wildman–Crippen LogP) is 1.56. The first-order valence-electron chi connectivity index (χ1n) is 8.18. The van der Waals surface area contributed by atoms with Crippen LogP contribution >= 0.6 is 0 Å². The third-order valence-corrected chi connectivity index (χ3v) is 6.64. The standard InChI is InChI=1S/C17H23N3O3S/c1-12-5-3-7-15-13(10-19-17(12)15)9-16(21)20-8-4-6-14(11-20)24(22,23)18-2/h3,5,7,10,14,18-19H,4,6,8-9,11H2,1-2H3. The zero-order valence-electron chi connectivity index (χ0n) is 14.0. The average Bonchev–Trinajstić information content (AvgIpc) is 2.99. The van der Waals surface area contributed by atoms with E-state index in [-0.39, 0.29) is 18.9 Å². The lowest BCUT2D eigenvalue weighted by molar-refractivity contribution is -0.131. The monoisotopic (exact) mass is 349 g/mol. The number of aromatic amines is 1. The minimum absolute atomic E-state index is 0.0200. The Labute approximate surface area is 142 Å². The Bertz CT molecular complexity index is 857. The molecule has 2 aromatic rings. The van der Waals surface area contributed by atoms with Crippen molar-refractivity contribution >= 4 is 26.8 Å². The maximum absolute atomic E-state index is 12.7. The molecule has 1 aromatic heterocycles. The van der Waals surface area contributed by atoms with E-state index in [1.807, 2.05) is 31.3 Å². The molecule has 0 bridgehead atoms. The summed E-state index contributed by atoms with van der Waals surface area (Å²) in [6.45, 7) is 2.92. The molecule has 24 heavy (non-hydrogen) atoms. The largest absolute Gasteiger partial charge is 0.361 e. The van der Waals surface area contributed by atoms with Gasteiger partial charge in [0.1, 0.15) is 0 Å². The van der Waals surface area contributed by atoms with Gasteiger partial charge in [0.25, 0.3) is 0 Å². The van der Waals surface area contributed by atoms with Gasteiger partial charge in [0, 0.05) is 30.2 Å². The highest BCUT2D eigenvalue weighted by Crippen LogP contribution is 2.23. The summed E-state index contributed by atoms with van der Waals surface area (Å²) in [5.74, 6) is -0.0200. The molecule has 1 fully saturated rings. The minimum Gasteiger partial charge on any atom is -0.361 e. The average molecular weight is 349 g/mol. The Morgan fingerprint density at radius 1 is 1.42 bits per heavy atom. The number of benzene rings is 1. The number of aromatic nitrogens is 1. The molecule has 2 N–H and O–H groups in total. The molecule has 6 nitrogen and oxygen atoms in total. The van der Waals surface area contributed by atoms with Crippen molar-refractivity contribution in [2.24, 2.45) is 0 Å². The Kier molecular flexibility index (Phi) is 4.64. The molecule has 1 aliphatic heterocycles. The molecule has 130 valence electrons. The van der Waals surface area contributed by atoms with Gasteiger partial charge < -0.3 is 9.88 Å². The number of aryl methyl sites for hydroxylation is 1. The molecule has 0 radical (unpaired) electrons. The van der Waals surface area contributed by atoms with Crippen LogP contribution in [0.5, 0.6) is 0 Å². The van der Waals surface area contributed by atoms with E-state index in [4.69, 9.17) is 0 Å². The van der Waals surface area contributed by atoms with Crippen LogP contribution < -0.4 is 4.72 Å². The summed E-state index contributed by atoms with van der Waals surface area (Å²) in [4.78, 5) is 17.6. The maximum atomic E-state index is 12.7. The van der Waals surface area contributed by atoms with Crippen LogP contribution in [0, 0.1) is 6.92 Å². The van der Waals surface area contributed by atoms with E-state index in [1.54, 1.807) is 4.90 Å². The van der Waals surface area contributed by atoms with Crippen molar-refractivity contribution in [3.63, 3.8) is 0 Å². The molecule has 1 atom stereocenters. The van der Waals surface area contributed by atoms with Gasteiger partial charge in [-0.15, -0.1) is 0 Å². The number of H-pyrrole nitrogens is 1. The molecule has 1 unspecified atom stereocenters. The highest BCUT2D eigenvalue weighted by molar-refractivity contribution is 7.90. The molecule has 1 aliphatic rings. The number of para-hydroxylation sites is 1. The molecular weight excluding hydrogens is 326 g/mol. The van der Waals surface area contributed by atoms with E-state index in [0.29, 0.717) is 19.4 Å². The highest BCUT2D eigenvalue weighted by Gasteiger charge is 2.31. The number of nitrogens with zero attached hydrogens (tertiary/aromatic N) is 1. The zero-order valence-corrected chi connectivity index (χ0v) is 14.8. The SMILES string of the molecule is CNS(=O)(=O)C1CCCN(C(=O)Cc2c[nH]c3c(C)cccc23)C1. The van der Waals surface area contributed by atoms with Gasteiger partial charge in [-0.2, -0.15) is 0 Å². The van der Waals surface area contributed by atoms with Crippen molar-refractivity contribution in [3.05, 3.63) is 35.5 Å². The Balaban J connectivity index is 1.76. The van der Waals surface area contributed by atoms with Gasteiger partial charge in [0.05, 0.1) is 11.7 Å². The van der Waals surface area contributed by atoms with Crippen LogP contribution in [-0.4, -0.2) is 49.6 Å². The third-order valence-electron chi connectivity index (χ3n) is 4.81. The molecule has 1 amide bonds. The molecule has 2 heterocycles. The first-order chi connectivity index (χ1) is 11.4. The summed E-state index contributed by atoms with van der Waals surface area (Å²) in [7, 11) is -1.92. The lowest BCUT2D eigenvalue weighted by Crippen LogP contribution is -2.48. The van der Waals surface area contributed by atoms with Gasteiger partial charge >= 0.3 is 0 Å². The van der Waals surface area contributed by atoms with E-state index < -0.39 is 15.3 Å². The lowest BCUT2D eigenvalue weighted by atomic mass is 10.1. The number of hydrogen-bond acceptors (Lipinski definition) is 3. The van der Waals surface area contributed by atoms with Gasteiger partial charge in [-0.3, -0.25) is 4.79 Å². The third kappa shape index (κ3) is 3.18. The summed E-state index contributed by atoms with van der Waals surface area (Å²) in [5.41, 5.74) is 3.15. The lowest BCUT2D eigenvalue weighted by Gasteiger charge is -2.32.